The fourth-order valence-electron chi connectivity index (χ4n) is 4.21. The van der Waals surface area contributed by atoms with E-state index in [1.54, 1.807) is 30.4 Å². The van der Waals surface area contributed by atoms with Crippen LogP contribution in [0.5, 0.6) is 5.75 Å². The van der Waals surface area contributed by atoms with E-state index in [1.807, 2.05) is 56.6 Å². The molecule has 1 aliphatic rings. The molecule has 4 heterocycles. The maximum atomic E-state index is 13.0. The van der Waals surface area contributed by atoms with Gasteiger partial charge in [-0.05, 0) is 49.7 Å². The summed E-state index contributed by atoms with van der Waals surface area (Å²) in [5, 5.41) is 4.36. The zero-order valence-corrected chi connectivity index (χ0v) is 20.4. The Morgan fingerprint density at radius 3 is 2.71 bits per heavy atom. The Morgan fingerprint density at radius 2 is 1.97 bits per heavy atom. The normalized spacial score (nSPS) is 12.7. The molecule has 1 aromatic carbocycles. The van der Waals surface area contributed by atoms with E-state index in [1.165, 1.54) is 0 Å². The summed E-state index contributed by atoms with van der Waals surface area (Å²) in [6.07, 6.45) is 4.25. The number of hydrogen-bond acceptors (Lipinski definition) is 7. The van der Waals surface area contributed by atoms with E-state index < -0.39 is 0 Å². The van der Waals surface area contributed by atoms with Crippen LogP contribution in [0.1, 0.15) is 37.9 Å². The summed E-state index contributed by atoms with van der Waals surface area (Å²) in [5.74, 6) is 0.638. The largest absolute Gasteiger partial charge is 0.494 e. The van der Waals surface area contributed by atoms with E-state index in [9.17, 15) is 4.79 Å². The minimum Gasteiger partial charge on any atom is -0.494 e. The van der Waals surface area contributed by atoms with Crippen molar-refractivity contribution >= 4 is 28.6 Å². The van der Waals surface area contributed by atoms with Gasteiger partial charge in [0.15, 0.2) is 5.75 Å². The number of carbonyl (C=O) groups is 1. The fraction of sp³-hybridized carbons (Fsp3) is 0.231. The molecule has 0 unspecified atom stereocenters. The lowest BCUT2D eigenvalue weighted by atomic mass is 10.1. The molecule has 172 valence electrons. The van der Waals surface area contributed by atoms with Gasteiger partial charge in [0, 0.05) is 42.1 Å². The van der Waals surface area contributed by atoms with Crippen molar-refractivity contribution in [3.8, 4) is 16.3 Å². The number of anilines is 2. The highest BCUT2D eigenvalue weighted by Gasteiger charge is 2.30. The second kappa shape index (κ2) is 8.87. The molecular weight excluding hydrogens is 446 g/mol. The average Bonchev–Trinajstić information content (AvgIpc) is 3.36. The van der Waals surface area contributed by atoms with Crippen molar-refractivity contribution in [3.63, 3.8) is 0 Å². The Kier molecular flexibility index (Phi) is 5.75. The maximum Gasteiger partial charge on any atom is 0.257 e. The second-order valence-electron chi connectivity index (χ2n) is 8.43. The first-order chi connectivity index (χ1) is 16.4. The molecule has 0 radical (unpaired) electrons. The third kappa shape index (κ3) is 4.12. The van der Waals surface area contributed by atoms with E-state index in [-0.39, 0.29) is 5.91 Å². The van der Waals surface area contributed by atoms with Gasteiger partial charge in [0.05, 0.1) is 41.9 Å². The number of aryl methyl sites for hydroxylation is 2. The number of rotatable bonds is 6. The molecule has 0 aliphatic carbocycles. The van der Waals surface area contributed by atoms with Crippen molar-refractivity contribution < 1.29 is 9.53 Å². The monoisotopic (exact) mass is 471 g/mol. The third-order valence-corrected chi connectivity index (χ3v) is 6.72. The van der Waals surface area contributed by atoms with Crippen LogP contribution in [0.2, 0.25) is 0 Å². The van der Waals surface area contributed by atoms with Crippen LogP contribution in [0.25, 0.3) is 10.6 Å². The van der Waals surface area contributed by atoms with Gasteiger partial charge in [-0.1, -0.05) is 6.07 Å². The molecule has 1 amide bonds. The molecule has 8 heteroatoms. The summed E-state index contributed by atoms with van der Waals surface area (Å²) in [7, 11) is 3.44. The quantitative estimate of drug-likeness (QED) is 0.419. The number of thiazole rings is 1. The highest BCUT2D eigenvalue weighted by atomic mass is 32.1. The van der Waals surface area contributed by atoms with Gasteiger partial charge in [-0.3, -0.25) is 14.8 Å². The molecule has 0 saturated heterocycles. The van der Waals surface area contributed by atoms with Gasteiger partial charge >= 0.3 is 0 Å². The second-order valence-corrected chi connectivity index (χ2v) is 9.67. The Morgan fingerprint density at radius 1 is 1.12 bits per heavy atom. The predicted octanol–water partition coefficient (Wildman–Crippen LogP) is 5.15. The highest BCUT2D eigenvalue weighted by molar-refractivity contribution is 7.15. The summed E-state index contributed by atoms with van der Waals surface area (Å²) in [5.41, 5.74) is 6.70. The van der Waals surface area contributed by atoms with Gasteiger partial charge in [-0.25, -0.2) is 4.98 Å². The number of aromatic nitrogens is 3. The molecule has 34 heavy (non-hydrogen) atoms. The predicted molar refractivity (Wildman–Crippen MR) is 134 cm³/mol. The fourth-order valence-corrected chi connectivity index (χ4v) is 5.00. The Balaban J connectivity index is 1.57. The lowest BCUT2D eigenvalue weighted by molar-refractivity contribution is 0.0817. The van der Waals surface area contributed by atoms with Gasteiger partial charge in [0.25, 0.3) is 5.91 Å². The number of ether oxygens (including phenoxy) is 1. The standard InChI is InChI=1S/C26H25N5O2S/c1-15-8-9-27-17(10-15)11-18-12-21(23-22(29-18)14-31(3)26(23)32)30-20-7-5-6-19(24(20)33-4)25-28-13-16(2)34-25/h5-10,12-13H,11,14H2,1-4H3,(H,29,30). The van der Waals surface area contributed by atoms with Crippen LogP contribution in [0.15, 0.2) is 48.8 Å². The first-order valence-corrected chi connectivity index (χ1v) is 11.8. The first-order valence-electron chi connectivity index (χ1n) is 11.0. The molecular formula is C26H25N5O2S. The minimum absolute atomic E-state index is 0.0455. The van der Waals surface area contributed by atoms with Crippen molar-refractivity contribution in [1.29, 1.82) is 0 Å². The van der Waals surface area contributed by atoms with E-state index in [0.717, 1.165) is 43.8 Å². The van der Waals surface area contributed by atoms with Crippen LogP contribution in [0.3, 0.4) is 0 Å². The van der Waals surface area contributed by atoms with Crippen molar-refractivity contribution in [2.24, 2.45) is 0 Å². The number of methoxy groups -OCH3 is 1. The summed E-state index contributed by atoms with van der Waals surface area (Å²) in [6, 6.07) is 11.9. The van der Waals surface area contributed by atoms with E-state index in [4.69, 9.17) is 9.72 Å². The van der Waals surface area contributed by atoms with Crippen LogP contribution < -0.4 is 10.1 Å². The number of amides is 1. The van der Waals surface area contributed by atoms with Crippen molar-refractivity contribution in [2.75, 3.05) is 19.5 Å². The molecule has 1 aliphatic heterocycles. The lowest BCUT2D eigenvalue weighted by Crippen LogP contribution is -2.18. The molecule has 0 bridgehead atoms. The van der Waals surface area contributed by atoms with Crippen LogP contribution in [0.4, 0.5) is 11.4 Å². The van der Waals surface area contributed by atoms with Gasteiger partial charge in [0.1, 0.15) is 5.01 Å². The minimum atomic E-state index is -0.0455. The zero-order valence-electron chi connectivity index (χ0n) is 19.5. The molecule has 0 fully saturated rings. The first kappa shape index (κ1) is 22.0. The number of hydrogen-bond donors (Lipinski definition) is 1. The van der Waals surface area contributed by atoms with Crippen molar-refractivity contribution in [3.05, 3.63) is 81.9 Å². The Hall–Kier alpha value is -3.78. The molecule has 1 N–H and O–H groups in total. The number of pyridine rings is 2. The number of para-hydroxylation sites is 1. The van der Waals surface area contributed by atoms with Crippen molar-refractivity contribution in [1.82, 2.24) is 19.9 Å². The Bertz CT molecular complexity index is 1400. The van der Waals surface area contributed by atoms with Gasteiger partial charge in [-0.15, -0.1) is 11.3 Å². The van der Waals surface area contributed by atoms with E-state index in [0.29, 0.717) is 30.0 Å². The summed E-state index contributed by atoms with van der Waals surface area (Å²) in [4.78, 5) is 29.6. The van der Waals surface area contributed by atoms with Crippen LogP contribution in [0, 0.1) is 13.8 Å². The number of nitrogens with zero attached hydrogens (tertiary/aromatic N) is 4. The number of nitrogens with one attached hydrogen (secondary N) is 1. The molecule has 7 nitrogen and oxygen atoms in total. The van der Waals surface area contributed by atoms with Crippen LogP contribution in [-0.2, 0) is 13.0 Å². The average molecular weight is 472 g/mol. The van der Waals surface area contributed by atoms with Crippen molar-refractivity contribution in [2.45, 2.75) is 26.8 Å². The topological polar surface area (TPSA) is 80.2 Å². The Labute approximate surface area is 202 Å². The lowest BCUT2D eigenvalue weighted by Gasteiger charge is -2.16. The maximum absolute atomic E-state index is 13.0. The molecule has 5 rings (SSSR count). The van der Waals surface area contributed by atoms with E-state index in [2.05, 4.69) is 21.4 Å². The van der Waals surface area contributed by atoms with Gasteiger partial charge in [0.2, 0.25) is 0 Å². The van der Waals surface area contributed by atoms with E-state index >= 15 is 0 Å². The van der Waals surface area contributed by atoms with Crippen LogP contribution in [-0.4, -0.2) is 39.9 Å². The molecule has 0 atom stereocenters. The molecule has 0 saturated carbocycles. The SMILES string of the molecule is COc1c(Nc2cc(Cc3cc(C)ccn3)nc3c2C(=O)N(C)C3)cccc1-c1ncc(C)s1. The zero-order chi connectivity index (χ0) is 23.8. The number of fused-ring (bicyclic) bond motifs is 1. The molecule has 0 spiro atoms. The number of carbonyl (C=O) groups excluding carboxylic acids is 1. The third-order valence-electron chi connectivity index (χ3n) is 5.77. The summed E-state index contributed by atoms with van der Waals surface area (Å²) < 4.78 is 5.80. The molecule has 4 aromatic rings. The highest BCUT2D eigenvalue weighted by Crippen LogP contribution is 2.40. The van der Waals surface area contributed by atoms with Crippen LogP contribution >= 0.6 is 11.3 Å². The summed E-state index contributed by atoms with van der Waals surface area (Å²) >= 11 is 1.61. The van der Waals surface area contributed by atoms with Gasteiger partial charge in [-0.2, -0.15) is 0 Å². The van der Waals surface area contributed by atoms with Gasteiger partial charge < -0.3 is 15.0 Å². The molecule has 3 aromatic heterocycles. The summed E-state index contributed by atoms with van der Waals surface area (Å²) in [6.45, 7) is 4.56. The number of benzene rings is 1. The smallest absolute Gasteiger partial charge is 0.257 e.